The van der Waals surface area contributed by atoms with Crippen LogP contribution in [0.5, 0.6) is 0 Å². The fraction of sp³-hybridized carbons (Fsp3) is 0.200. The van der Waals surface area contributed by atoms with Crippen molar-refractivity contribution >= 4 is 11.6 Å². The molecule has 0 N–H and O–H groups in total. The van der Waals surface area contributed by atoms with Gasteiger partial charge in [-0.15, -0.1) is 0 Å². The van der Waals surface area contributed by atoms with Gasteiger partial charge in [-0.3, -0.25) is 9.59 Å². The molecule has 1 atom stereocenters. The van der Waals surface area contributed by atoms with Crippen molar-refractivity contribution in [1.82, 2.24) is 0 Å². The molecule has 116 valence electrons. The van der Waals surface area contributed by atoms with E-state index in [1.807, 2.05) is 24.3 Å². The highest BCUT2D eigenvalue weighted by molar-refractivity contribution is 6.02. The summed E-state index contributed by atoms with van der Waals surface area (Å²) < 4.78 is 13.2. The van der Waals surface area contributed by atoms with Crippen molar-refractivity contribution in [2.45, 2.75) is 25.2 Å². The van der Waals surface area contributed by atoms with E-state index in [-0.39, 0.29) is 29.7 Å². The molecular formula is C20H17FO2. The fourth-order valence-corrected chi connectivity index (χ4v) is 2.98. The maximum Gasteiger partial charge on any atom is 0.163 e. The third-order valence-electron chi connectivity index (χ3n) is 4.19. The number of allylic oxidation sites excluding steroid dienone is 2. The monoisotopic (exact) mass is 308 g/mol. The van der Waals surface area contributed by atoms with E-state index in [0.717, 1.165) is 5.56 Å². The van der Waals surface area contributed by atoms with Crippen LogP contribution in [0, 0.1) is 5.82 Å². The normalized spacial score (nSPS) is 15.3. The zero-order valence-electron chi connectivity index (χ0n) is 12.7. The number of benzene rings is 2. The third-order valence-corrected chi connectivity index (χ3v) is 4.19. The molecule has 3 heteroatoms. The van der Waals surface area contributed by atoms with Crippen LogP contribution in [0.4, 0.5) is 4.39 Å². The van der Waals surface area contributed by atoms with Gasteiger partial charge in [-0.05, 0) is 29.7 Å². The first-order valence-electron chi connectivity index (χ1n) is 7.72. The van der Waals surface area contributed by atoms with Crippen LogP contribution < -0.4 is 0 Å². The fourth-order valence-electron chi connectivity index (χ4n) is 2.98. The Balaban J connectivity index is 1.91. The molecule has 1 aliphatic rings. The number of Topliss-reactive ketones (excluding diaryl/α,β-unsaturated/α-hetero) is 2. The van der Waals surface area contributed by atoms with Crippen molar-refractivity contribution in [2.75, 3.05) is 0 Å². The van der Waals surface area contributed by atoms with Crippen LogP contribution in [0.25, 0.3) is 0 Å². The van der Waals surface area contributed by atoms with Crippen LogP contribution in [0.15, 0.2) is 66.2 Å². The average Bonchev–Trinajstić information content (AvgIpc) is 3.00. The number of hydrogen-bond donors (Lipinski definition) is 0. The number of carbonyl (C=O) groups excluding carboxylic acids is 2. The number of halogens is 1. The number of hydrogen-bond acceptors (Lipinski definition) is 2. The van der Waals surface area contributed by atoms with Crippen molar-refractivity contribution in [2.24, 2.45) is 0 Å². The van der Waals surface area contributed by atoms with Gasteiger partial charge in [-0.2, -0.15) is 0 Å². The Hall–Kier alpha value is -2.55. The quantitative estimate of drug-likeness (QED) is 0.764. The molecule has 0 saturated heterocycles. The Bertz CT molecular complexity index is 745. The van der Waals surface area contributed by atoms with Crippen LogP contribution in [-0.4, -0.2) is 11.6 Å². The molecule has 2 aromatic carbocycles. The first-order chi connectivity index (χ1) is 11.1. The lowest BCUT2D eigenvalue weighted by atomic mass is 9.84. The van der Waals surface area contributed by atoms with Gasteiger partial charge < -0.3 is 0 Å². The molecule has 0 aliphatic heterocycles. The molecule has 1 unspecified atom stereocenters. The maximum absolute atomic E-state index is 13.2. The predicted octanol–water partition coefficient (Wildman–Crippen LogP) is 4.47. The molecule has 0 heterocycles. The maximum atomic E-state index is 13.2. The summed E-state index contributed by atoms with van der Waals surface area (Å²) in [5.41, 5.74) is 2.11. The van der Waals surface area contributed by atoms with Crippen LogP contribution >= 0.6 is 0 Å². The first kappa shape index (κ1) is 15.3. The van der Waals surface area contributed by atoms with E-state index in [1.54, 1.807) is 24.3 Å². The minimum Gasteiger partial charge on any atom is -0.295 e. The molecule has 23 heavy (non-hydrogen) atoms. The molecule has 0 amide bonds. The summed E-state index contributed by atoms with van der Waals surface area (Å²) in [4.78, 5) is 24.7. The van der Waals surface area contributed by atoms with Gasteiger partial charge in [0.1, 0.15) is 5.82 Å². The third kappa shape index (κ3) is 3.45. The van der Waals surface area contributed by atoms with Crippen LogP contribution in [0.1, 0.15) is 41.1 Å². The zero-order valence-corrected chi connectivity index (χ0v) is 12.7. The highest BCUT2D eigenvalue weighted by atomic mass is 19.1. The Morgan fingerprint density at radius 3 is 2.35 bits per heavy atom. The van der Waals surface area contributed by atoms with Crippen molar-refractivity contribution in [3.63, 3.8) is 0 Å². The predicted molar refractivity (Wildman–Crippen MR) is 86.9 cm³/mol. The Morgan fingerprint density at radius 1 is 1.04 bits per heavy atom. The van der Waals surface area contributed by atoms with Crippen molar-refractivity contribution in [3.05, 3.63) is 83.2 Å². The van der Waals surface area contributed by atoms with Gasteiger partial charge in [0.15, 0.2) is 11.6 Å². The molecule has 0 bridgehead atoms. The zero-order chi connectivity index (χ0) is 16.2. The molecule has 0 aromatic heterocycles. The lowest BCUT2D eigenvalue weighted by Gasteiger charge is -2.18. The summed E-state index contributed by atoms with van der Waals surface area (Å²) in [5.74, 6) is -0.562. The molecule has 2 aromatic rings. The molecule has 0 radical (unpaired) electrons. The second-order valence-corrected chi connectivity index (χ2v) is 5.72. The van der Waals surface area contributed by atoms with E-state index < -0.39 is 0 Å². The molecular weight excluding hydrogens is 291 g/mol. The summed E-state index contributed by atoms with van der Waals surface area (Å²) in [6.45, 7) is 0. The number of rotatable bonds is 5. The lowest BCUT2D eigenvalue weighted by Crippen LogP contribution is -2.13. The summed E-state index contributed by atoms with van der Waals surface area (Å²) >= 11 is 0. The average molecular weight is 308 g/mol. The topological polar surface area (TPSA) is 34.1 Å². The Kier molecular flexibility index (Phi) is 4.47. The second-order valence-electron chi connectivity index (χ2n) is 5.72. The van der Waals surface area contributed by atoms with Crippen molar-refractivity contribution in [3.8, 4) is 0 Å². The standard InChI is InChI=1S/C20H17FO2/c21-16-11-9-14(10-12-16)18(17-7-4-8-19(17)22)13-20(23)15-5-2-1-3-6-15/h1-3,5-7,9-12,18H,4,8,13H2. The number of carbonyl (C=O) groups is 2. The molecule has 2 nitrogen and oxygen atoms in total. The van der Waals surface area contributed by atoms with Crippen LogP contribution in [0.2, 0.25) is 0 Å². The van der Waals surface area contributed by atoms with E-state index >= 15 is 0 Å². The van der Waals surface area contributed by atoms with Gasteiger partial charge >= 0.3 is 0 Å². The first-order valence-corrected chi connectivity index (χ1v) is 7.72. The summed E-state index contributed by atoms with van der Waals surface area (Å²) in [5, 5.41) is 0. The molecule has 3 rings (SSSR count). The van der Waals surface area contributed by atoms with E-state index in [4.69, 9.17) is 0 Å². The van der Waals surface area contributed by atoms with E-state index in [9.17, 15) is 14.0 Å². The Morgan fingerprint density at radius 2 is 1.74 bits per heavy atom. The van der Waals surface area contributed by atoms with Gasteiger partial charge in [0.2, 0.25) is 0 Å². The smallest absolute Gasteiger partial charge is 0.163 e. The van der Waals surface area contributed by atoms with Crippen LogP contribution in [-0.2, 0) is 4.79 Å². The minimum absolute atomic E-state index is 0.0134. The van der Waals surface area contributed by atoms with Gasteiger partial charge in [-0.25, -0.2) is 4.39 Å². The molecule has 0 spiro atoms. The Labute approximate surface area is 134 Å². The van der Waals surface area contributed by atoms with E-state index in [0.29, 0.717) is 24.0 Å². The largest absolute Gasteiger partial charge is 0.295 e. The van der Waals surface area contributed by atoms with E-state index in [2.05, 4.69) is 0 Å². The second kappa shape index (κ2) is 6.69. The van der Waals surface area contributed by atoms with Gasteiger partial charge in [0, 0.05) is 24.3 Å². The van der Waals surface area contributed by atoms with Crippen molar-refractivity contribution < 1.29 is 14.0 Å². The summed E-state index contributed by atoms with van der Waals surface area (Å²) in [6.07, 6.45) is 3.33. The van der Waals surface area contributed by atoms with Crippen LogP contribution in [0.3, 0.4) is 0 Å². The highest BCUT2D eigenvalue weighted by Gasteiger charge is 2.27. The SMILES string of the molecule is O=C1CCC=C1C(CC(=O)c1ccccc1)c1ccc(F)cc1. The minimum atomic E-state index is -0.325. The summed E-state index contributed by atoms with van der Waals surface area (Å²) in [6, 6.07) is 15.1. The number of ketones is 2. The molecule has 1 aliphatic carbocycles. The van der Waals surface area contributed by atoms with Gasteiger partial charge in [0.05, 0.1) is 0 Å². The van der Waals surface area contributed by atoms with Gasteiger partial charge in [-0.1, -0.05) is 48.5 Å². The lowest BCUT2D eigenvalue weighted by molar-refractivity contribution is -0.115. The van der Waals surface area contributed by atoms with Gasteiger partial charge in [0.25, 0.3) is 0 Å². The van der Waals surface area contributed by atoms with Crippen molar-refractivity contribution in [1.29, 1.82) is 0 Å². The van der Waals surface area contributed by atoms with E-state index in [1.165, 1.54) is 12.1 Å². The summed E-state index contributed by atoms with van der Waals surface area (Å²) in [7, 11) is 0. The highest BCUT2D eigenvalue weighted by Crippen LogP contribution is 2.34. The molecule has 0 saturated carbocycles. The molecule has 0 fully saturated rings.